The van der Waals surface area contributed by atoms with Crippen LogP contribution in [0.3, 0.4) is 0 Å². The minimum atomic E-state index is -0.0946. The predicted molar refractivity (Wildman–Crippen MR) is 80.0 cm³/mol. The highest BCUT2D eigenvalue weighted by molar-refractivity contribution is 5.28. The summed E-state index contributed by atoms with van der Waals surface area (Å²) >= 11 is 0. The van der Waals surface area contributed by atoms with Gasteiger partial charge in [-0.3, -0.25) is 4.79 Å². The second-order valence-electron chi connectivity index (χ2n) is 4.85. The van der Waals surface area contributed by atoms with Crippen molar-refractivity contribution in [2.24, 2.45) is 5.73 Å². The first-order chi connectivity index (χ1) is 9.61. The average molecular weight is 272 g/mol. The van der Waals surface area contributed by atoms with Crippen molar-refractivity contribution in [1.29, 1.82) is 0 Å². The fraction of sp³-hybridized carbons (Fsp3) is 0.312. The molecule has 1 aromatic carbocycles. The van der Waals surface area contributed by atoms with Crippen molar-refractivity contribution >= 4 is 0 Å². The molecule has 1 aromatic heterocycles. The Morgan fingerprint density at radius 2 is 1.85 bits per heavy atom. The van der Waals surface area contributed by atoms with Crippen LogP contribution in [0, 0.1) is 13.8 Å². The number of nitrogens with zero attached hydrogens (tertiary/aromatic N) is 1. The Hall–Kier alpha value is -2.07. The monoisotopic (exact) mass is 272 g/mol. The molecule has 4 heteroatoms. The molecule has 1 heterocycles. The number of hydrogen-bond acceptors (Lipinski definition) is 3. The van der Waals surface area contributed by atoms with Crippen molar-refractivity contribution in [2.75, 3.05) is 6.54 Å². The molecule has 0 atom stereocenters. The number of pyridine rings is 1. The maximum absolute atomic E-state index is 11.9. The summed E-state index contributed by atoms with van der Waals surface area (Å²) in [7, 11) is 0. The largest absolute Gasteiger partial charge is 0.483 e. The zero-order valence-corrected chi connectivity index (χ0v) is 11.9. The van der Waals surface area contributed by atoms with E-state index >= 15 is 0 Å². The van der Waals surface area contributed by atoms with E-state index < -0.39 is 0 Å². The van der Waals surface area contributed by atoms with Gasteiger partial charge in [0.25, 0.3) is 0 Å². The molecular weight excluding hydrogens is 252 g/mol. The van der Waals surface area contributed by atoms with Gasteiger partial charge in [-0.15, -0.1) is 0 Å². The molecule has 2 N–H and O–H groups in total. The highest BCUT2D eigenvalue weighted by Crippen LogP contribution is 2.14. The molecule has 2 rings (SSSR count). The summed E-state index contributed by atoms with van der Waals surface area (Å²) in [6.45, 7) is 5.51. The van der Waals surface area contributed by atoms with E-state index in [-0.39, 0.29) is 5.43 Å². The molecule has 106 valence electrons. The highest BCUT2D eigenvalue weighted by atomic mass is 16.5. The summed E-state index contributed by atoms with van der Waals surface area (Å²) in [5, 5.41) is 0. The molecule has 2 aromatic rings. The summed E-state index contributed by atoms with van der Waals surface area (Å²) in [4.78, 5) is 11.9. The third-order valence-electron chi connectivity index (χ3n) is 3.26. The normalized spacial score (nSPS) is 10.6. The number of rotatable bonds is 5. The van der Waals surface area contributed by atoms with Gasteiger partial charge in [0.15, 0.2) is 5.75 Å². The van der Waals surface area contributed by atoms with Gasteiger partial charge in [-0.1, -0.05) is 29.8 Å². The second kappa shape index (κ2) is 6.39. The fourth-order valence-corrected chi connectivity index (χ4v) is 2.05. The molecule has 0 aliphatic rings. The van der Waals surface area contributed by atoms with E-state index in [2.05, 4.69) is 0 Å². The Morgan fingerprint density at radius 3 is 2.50 bits per heavy atom. The lowest BCUT2D eigenvalue weighted by Gasteiger charge is -2.14. The molecule has 0 aliphatic heterocycles. The standard InChI is InChI=1S/C16H20N2O2/c1-12-3-5-14(6-4-12)11-20-16-13(2)18(10-8-17)9-7-15(16)19/h3-7,9H,8,10-11,17H2,1-2H3. The van der Waals surface area contributed by atoms with E-state index in [0.29, 0.717) is 25.4 Å². The van der Waals surface area contributed by atoms with E-state index in [9.17, 15) is 4.79 Å². The summed E-state index contributed by atoms with van der Waals surface area (Å²) in [5.74, 6) is 0.404. The topological polar surface area (TPSA) is 57.2 Å². The van der Waals surface area contributed by atoms with E-state index in [1.807, 2.05) is 42.7 Å². The minimum Gasteiger partial charge on any atom is -0.483 e. The number of aryl methyl sites for hydroxylation is 1. The second-order valence-corrected chi connectivity index (χ2v) is 4.85. The Labute approximate surface area is 118 Å². The molecule has 0 unspecified atom stereocenters. The lowest BCUT2D eigenvalue weighted by atomic mass is 10.2. The van der Waals surface area contributed by atoms with Crippen LogP contribution in [-0.4, -0.2) is 11.1 Å². The highest BCUT2D eigenvalue weighted by Gasteiger charge is 2.08. The quantitative estimate of drug-likeness (QED) is 0.905. The van der Waals surface area contributed by atoms with Crippen molar-refractivity contribution in [3.05, 3.63) is 63.6 Å². The Balaban J connectivity index is 2.18. The summed E-state index contributed by atoms with van der Waals surface area (Å²) in [6.07, 6.45) is 1.75. The molecule has 0 spiro atoms. The molecule has 0 saturated carbocycles. The lowest BCUT2D eigenvalue weighted by Crippen LogP contribution is -2.18. The molecule has 4 nitrogen and oxygen atoms in total. The van der Waals surface area contributed by atoms with Crippen LogP contribution in [0.1, 0.15) is 16.8 Å². The molecule has 20 heavy (non-hydrogen) atoms. The van der Waals surface area contributed by atoms with Crippen LogP contribution in [-0.2, 0) is 13.2 Å². The van der Waals surface area contributed by atoms with Crippen molar-refractivity contribution < 1.29 is 4.74 Å². The molecule has 0 saturated heterocycles. The smallest absolute Gasteiger partial charge is 0.223 e. The lowest BCUT2D eigenvalue weighted by molar-refractivity contribution is 0.297. The Morgan fingerprint density at radius 1 is 1.15 bits per heavy atom. The number of aromatic nitrogens is 1. The van der Waals surface area contributed by atoms with Gasteiger partial charge < -0.3 is 15.0 Å². The predicted octanol–water partition coefficient (Wildman–Crippen LogP) is 2.00. The summed E-state index contributed by atoms with van der Waals surface area (Å²) < 4.78 is 7.64. The molecular formula is C16H20N2O2. The minimum absolute atomic E-state index is 0.0946. The van der Waals surface area contributed by atoms with Gasteiger partial charge in [-0.25, -0.2) is 0 Å². The van der Waals surface area contributed by atoms with Gasteiger partial charge in [0.1, 0.15) is 6.61 Å². The van der Waals surface area contributed by atoms with E-state index in [0.717, 1.165) is 11.3 Å². The third kappa shape index (κ3) is 3.27. The first-order valence-corrected chi connectivity index (χ1v) is 6.70. The van der Waals surface area contributed by atoms with Crippen LogP contribution in [0.5, 0.6) is 5.75 Å². The van der Waals surface area contributed by atoms with Crippen molar-refractivity contribution in [3.8, 4) is 5.75 Å². The van der Waals surface area contributed by atoms with Gasteiger partial charge in [0.2, 0.25) is 5.43 Å². The maximum Gasteiger partial charge on any atom is 0.223 e. The maximum atomic E-state index is 11.9. The van der Waals surface area contributed by atoms with Gasteiger partial charge in [0.05, 0.1) is 5.69 Å². The van der Waals surface area contributed by atoms with Gasteiger partial charge >= 0.3 is 0 Å². The Bertz CT molecular complexity index is 630. The van der Waals surface area contributed by atoms with Gasteiger partial charge in [-0.05, 0) is 19.4 Å². The van der Waals surface area contributed by atoms with Crippen LogP contribution >= 0.6 is 0 Å². The van der Waals surface area contributed by atoms with Crippen LogP contribution in [0.4, 0.5) is 0 Å². The molecule has 0 aliphatic carbocycles. The van der Waals surface area contributed by atoms with E-state index in [4.69, 9.17) is 10.5 Å². The van der Waals surface area contributed by atoms with Gasteiger partial charge in [-0.2, -0.15) is 0 Å². The van der Waals surface area contributed by atoms with E-state index in [1.165, 1.54) is 11.6 Å². The van der Waals surface area contributed by atoms with Gasteiger partial charge in [0, 0.05) is 25.4 Å². The van der Waals surface area contributed by atoms with Crippen molar-refractivity contribution in [1.82, 2.24) is 4.57 Å². The van der Waals surface area contributed by atoms with Crippen LogP contribution < -0.4 is 15.9 Å². The van der Waals surface area contributed by atoms with Crippen molar-refractivity contribution in [2.45, 2.75) is 27.0 Å². The number of nitrogens with two attached hydrogens (primary N) is 1. The molecule has 0 bridgehead atoms. The summed E-state index contributed by atoms with van der Waals surface area (Å²) in [5.41, 5.74) is 8.53. The number of hydrogen-bond donors (Lipinski definition) is 1. The Kier molecular flexibility index (Phi) is 4.58. The zero-order valence-electron chi connectivity index (χ0n) is 11.9. The SMILES string of the molecule is Cc1ccc(COc2c(C)n(CCN)ccc2=O)cc1. The number of ether oxygens (including phenoxy) is 1. The molecule has 0 amide bonds. The zero-order chi connectivity index (χ0) is 14.5. The molecule has 0 radical (unpaired) electrons. The average Bonchev–Trinajstić information content (AvgIpc) is 2.44. The first-order valence-electron chi connectivity index (χ1n) is 6.70. The summed E-state index contributed by atoms with van der Waals surface area (Å²) in [6, 6.07) is 9.59. The first kappa shape index (κ1) is 14.3. The number of benzene rings is 1. The van der Waals surface area contributed by atoms with Crippen molar-refractivity contribution in [3.63, 3.8) is 0 Å². The van der Waals surface area contributed by atoms with Crippen LogP contribution in [0.15, 0.2) is 41.3 Å². The third-order valence-corrected chi connectivity index (χ3v) is 3.26. The fourth-order valence-electron chi connectivity index (χ4n) is 2.05. The van der Waals surface area contributed by atoms with E-state index in [1.54, 1.807) is 6.20 Å². The van der Waals surface area contributed by atoms with Crippen LogP contribution in [0.25, 0.3) is 0 Å². The van der Waals surface area contributed by atoms with Crippen LogP contribution in [0.2, 0.25) is 0 Å². The molecule has 0 fully saturated rings.